The van der Waals surface area contributed by atoms with Gasteiger partial charge in [-0.15, -0.1) is 0 Å². The molecule has 7 nitrogen and oxygen atoms in total. The highest BCUT2D eigenvalue weighted by molar-refractivity contribution is 7.89. The first-order chi connectivity index (χ1) is 10.8. The summed E-state index contributed by atoms with van der Waals surface area (Å²) < 4.78 is 28.4. The van der Waals surface area contributed by atoms with Crippen molar-refractivity contribution >= 4 is 15.9 Å². The van der Waals surface area contributed by atoms with E-state index in [1.165, 1.54) is 15.2 Å². The second kappa shape index (κ2) is 7.44. The normalized spacial score (nSPS) is 16.7. The Bertz CT molecular complexity index is 646. The number of carbonyl (C=O) groups excluding carboxylic acids is 1. The minimum atomic E-state index is -3.72. The van der Waals surface area contributed by atoms with E-state index in [9.17, 15) is 13.2 Å². The van der Waals surface area contributed by atoms with Gasteiger partial charge in [0, 0.05) is 32.9 Å². The highest BCUT2D eigenvalue weighted by Gasteiger charge is 2.33. The summed E-state index contributed by atoms with van der Waals surface area (Å²) in [7, 11) is -2.09. The molecule has 0 radical (unpaired) electrons. The summed E-state index contributed by atoms with van der Waals surface area (Å²) in [5.74, 6) is 0.0927. The van der Waals surface area contributed by atoms with Crippen molar-refractivity contribution in [3.63, 3.8) is 0 Å². The molecule has 1 fully saturated rings. The number of sulfonamides is 1. The minimum Gasteiger partial charge on any atom is -0.352 e. The van der Waals surface area contributed by atoms with Crippen LogP contribution in [0.15, 0.2) is 11.2 Å². The van der Waals surface area contributed by atoms with Crippen LogP contribution in [0.1, 0.15) is 49.9 Å². The van der Waals surface area contributed by atoms with E-state index >= 15 is 0 Å². The molecular weight excluding hydrogens is 316 g/mol. The van der Waals surface area contributed by atoms with Crippen molar-refractivity contribution in [2.75, 3.05) is 19.6 Å². The second-order valence-electron chi connectivity index (χ2n) is 6.42. The van der Waals surface area contributed by atoms with E-state index in [-0.39, 0.29) is 16.5 Å². The van der Waals surface area contributed by atoms with Crippen LogP contribution < -0.4 is 5.32 Å². The lowest BCUT2D eigenvalue weighted by Gasteiger charge is -2.25. The summed E-state index contributed by atoms with van der Waals surface area (Å²) >= 11 is 0. The van der Waals surface area contributed by atoms with Gasteiger partial charge in [0.05, 0.1) is 5.56 Å². The predicted molar refractivity (Wildman–Crippen MR) is 87.6 cm³/mol. The third-order valence-electron chi connectivity index (χ3n) is 3.95. The Kier molecular flexibility index (Phi) is 5.80. The maximum absolute atomic E-state index is 12.8. The molecule has 0 saturated carbocycles. The van der Waals surface area contributed by atoms with Crippen LogP contribution in [0.4, 0.5) is 0 Å². The summed E-state index contributed by atoms with van der Waals surface area (Å²) in [6.07, 6.45) is 5.06. The zero-order chi connectivity index (χ0) is 17.0. The number of hydrogen-bond acceptors (Lipinski definition) is 4. The number of rotatable bonds is 6. The van der Waals surface area contributed by atoms with Crippen LogP contribution in [0.3, 0.4) is 0 Å². The van der Waals surface area contributed by atoms with Crippen LogP contribution in [0.2, 0.25) is 0 Å². The molecule has 0 aromatic carbocycles. The van der Waals surface area contributed by atoms with Gasteiger partial charge in [-0.1, -0.05) is 20.3 Å². The number of amides is 1. The van der Waals surface area contributed by atoms with E-state index in [1.807, 2.05) is 0 Å². The molecule has 0 aliphatic carbocycles. The molecular formula is C15H26N4O3S. The Morgan fingerprint density at radius 1 is 1.30 bits per heavy atom. The Morgan fingerprint density at radius 2 is 1.96 bits per heavy atom. The highest BCUT2D eigenvalue weighted by atomic mass is 32.2. The van der Waals surface area contributed by atoms with Gasteiger partial charge < -0.3 is 5.32 Å². The molecule has 2 heterocycles. The monoisotopic (exact) mass is 342 g/mol. The van der Waals surface area contributed by atoms with Crippen molar-refractivity contribution in [3.05, 3.63) is 11.8 Å². The first-order valence-electron chi connectivity index (χ1n) is 8.14. The van der Waals surface area contributed by atoms with E-state index in [1.54, 1.807) is 7.05 Å². The standard InChI is InChI=1S/C15H26N4O3S/c1-12(2)7-8-16-14(20)13-11-18(3)17-15(13)23(21,22)19-9-5-4-6-10-19/h11-12H,4-10H2,1-3H3,(H,16,20). The first kappa shape index (κ1) is 17.9. The molecule has 0 atom stereocenters. The summed E-state index contributed by atoms with van der Waals surface area (Å²) in [6, 6.07) is 0. The van der Waals surface area contributed by atoms with Gasteiger partial charge >= 0.3 is 0 Å². The third kappa shape index (κ3) is 4.32. The quantitative estimate of drug-likeness (QED) is 0.846. The van der Waals surface area contributed by atoms with Gasteiger partial charge in [0.1, 0.15) is 0 Å². The zero-order valence-corrected chi connectivity index (χ0v) is 14.9. The van der Waals surface area contributed by atoms with E-state index in [2.05, 4.69) is 24.3 Å². The fourth-order valence-electron chi connectivity index (χ4n) is 2.61. The molecule has 1 aromatic heterocycles. The molecule has 0 spiro atoms. The fraction of sp³-hybridized carbons (Fsp3) is 0.733. The smallest absolute Gasteiger partial charge is 0.263 e. The molecule has 23 heavy (non-hydrogen) atoms. The average molecular weight is 342 g/mol. The number of piperidine rings is 1. The highest BCUT2D eigenvalue weighted by Crippen LogP contribution is 2.22. The summed E-state index contributed by atoms with van der Waals surface area (Å²) in [4.78, 5) is 12.3. The lowest BCUT2D eigenvalue weighted by atomic mass is 10.1. The average Bonchev–Trinajstić information content (AvgIpc) is 2.90. The first-order valence-corrected chi connectivity index (χ1v) is 9.58. The largest absolute Gasteiger partial charge is 0.352 e. The summed E-state index contributed by atoms with van der Waals surface area (Å²) in [6.45, 7) is 5.65. The number of nitrogens with zero attached hydrogens (tertiary/aromatic N) is 3. The predicted octanol–water partition coefficient (Wildman–Crippen LogP) is 1.37. The molecule has 1 N–H and O–H groups in total. The molecule has 2 rings (SSSR count). The van der Waals surface area contributed by atoms with Crippen LogP contribution in [0, 0.1) is 5.92 Å². The molecule has 0 unspecified atom stereocenters. The SMILES string of the molecule is CC(C)CCNC(=O)c1cn(C)nc1S(=O)(=O)N1CCCCC1. The maximum Gasteiger partial charge on any atom is 0.263 e. The van der Waals surface area contributed by atoms with Gasteiger partial charge in [-0.3, -0.25) is 9.48 Å². The van der Waals surface area contributed by atoms with Gasteiger partial charge in [0.2, 0.25) is 5.03 Å². The fourth-order valence-corrected chi connectivity index (χ4v) is 4.25. The molecule has 130 valence electrons. The second-order valence-corrected chi connectivity index (χ2v) is 8.28. The summed E-state index contributed by atoms with van der Waals surface area (Å²) in [5, 5.41) is 6.70. The number of nitrogens with one attached hydrogen (secondary N) is 1. The van der Waals surface area contributed by atoms with E-state index in [0.717, 1.165) is 25.7 Å². The number of carbonyl (C=O) groups is 1. The molecule has 1 aliphatic rings. The molecule has 8 heteroatoms. The van der Waals surface area contributed by atoms with Crippen LogP contribution in [0.25, 0.3) is 0 Å². The van der Waals surface area contributed by atoms with Crippen molar-refractivity contribution < 1.29 is 13.2 Å². The molecule has 0 bridgehead atoms. The molecule has 1 saturated heterocycles. The van der Waals surface area contributed by atoms with Gasteiger partial charge in [-0.25, -0.2) is 8.42 Å². The Hall–Kier alpha value is -1.41. The van der Waals surface area contributed by atoms with Gasteiger partial charge in [0.15, 0.2) is 0 Å². The van der Waals surface area contributed by atoms with E-state index in [0.29, 0.717) is 25.6 Å². The summed E-state index contributed by atoms with van der Waals surface area (Å²) in [5.41, 5.74) is 0.127. The lowest BCUT2D eigenvalue weighted by Crippen LogP contribution is -2.37. The third-order valence-corrected chi connectivity index (χ3v) is 5.78. The molecule has 1 amide bonds. The van der Waals surface area contributed by atoms with Crippen molar-refractivity contribution in [2.24, 2.45) is 13.0 Å². The van der Waals surface area contributed by atoms with Crippen molar-refractivity contribution in [1.82, 2.24) is 19.4 Å². The molecule has 1 aliphatic heterocycles. The van der Waals surface area contributed by atoms with Gasteiger partial charge in [-0.05, 0) is 25.2 Å². The van der Waals surface area contributed by atoms with Crippen molar-refractivity contribution in [2.45, 2.75) is 44.6 Å². The van der Waals surface area contributed by atoms with E-state index < -0.39 is 10.0 Å². The number of aryl methyl sites for hydroxylation is 1. The minimum absolute atomic E-state index is 0.127. The Labute approximate surface area is 138 Å². The maximum atomic E-state index is 12.8. The van der Waals surface area contributed by atoms with Gasteiger partial charge in [-0.2, -0.15) is 9.40 Å². The number of aromatic nitrogens is 2. The van der Waals surface area contributed by atoms with E-state index in [4.69, 9.17) is 0 Å². The van der Waals surface area contributed by atoms with Gasteiger partial charge in [0.25, 0.3) is 15.9 Å². The topological polar surface area (TPSA) is 84.3 Å². The van der Waals surface area contributed by atoms with Crippen molar-refractivity contribution in [1.29, 1.82) is 0 Å². The van der Waals surface area contributed by atoms with Crippen LogP contribution >= 0.6 is 0 Å². The van der Waals surface area contributed by atoms with Crippen LogP contribution in [-0.2, 0) is 17.1 Å². The Balaban J connectivity index is 2.20. The van der Waals surface area contributed by atoms with Crippen LogP contribution in [0.5, 0.6) is 0 Å². The van der Waals surface area contributed by atoms with Crippen LogP contribution in [-0.4, -0.2) is 48.0 Å². The lowest BCUT2D eigenvalue weighted by molar-refractivity contribution is 0.0948. The number of hydrogen-bond donors (Lipinski definition) is 1. The van der Waals surface area contributed by atoms with Crippen molar-refractivity contribution in [3.8, 4) is 0 Å². The Morgan fingerprint density at radius 3 is 2.57 bits per heavy atom. The zero-order valence-electron chi connectivity index (χ0n) is 14.1. The molecule has 1 aromatic rings.